The van der Waals surface area contributed by atoms with Crippen LogP contribution < -0.4 is 0 Å². The summed E-state index contributed by atoms with van der Waals surface area (Å²) in [5, 5.41) is 21.6. The number of thiophene rings is 1. The minimum Gasteiger partial charge on any atom is -0.387 e. The highest BCUT2D eigenvalue weighted by Gasteiger charge is 2.15. The zero-order valence-electron chi connectivity index (χ0n) is 8.88. The quantitative estimate of drug-likeness (QED) is 0.936. The number of aryl methyl sites for hydroxylation is 2. The molecule has 0 fully saturated rings. The van der Waals surface area contributed by atoms with Gasteiger partial charge in [-0.1, -0.05) is 0 Å². The average Bonchev–Trinajstić information content (AvgIpc) is 2.75. The lowest BCUT2D eigenvalue weighted by molar-refractivity contribution is 0.179. The van der Waals surface area contributed by atoms with Crippen LogP contribution in [-0.4, -0.2) is 25.3 Å². The third-order valence-electron chi connectivity index (χ3n) is 2.13. The normalized spacial score (nSPS) is 13.0. The van der Waals surface area contributed by atoms with E-state index in [1.54, 1.807) is 7.05 Å². The molecule has 0 spiro atoms. The van der Waals surface area contributed by atoms with Crippen LogP contribution in [0.15, 0.2) is 9.85 Å². The number of aliphatic hydroxyl groups is 1. The molecule has 0 aliphatic carbocycles. The second kappa shape index (κ2) is 4.60. The summed E-state index contributed by atoms with van der Waals surface area (Å²) in [7, 11) is 1.70. The van der Waals surface area contributed by atoms with Gasteiger partial charge in [-0.05, 0) is 39.7 Å². The van der Waals surface area contributed by atoms with Crippen molar-refractivity contribution in [1.29, 1.82) is 0 Å². The summed E-state index contributed by atoms with van der Waals surface area (Å²) in [4.78, 5) is 2.30. The smallest absolute Gasteiger partial charge is 0.177 e. The molecule has 2 aromatic rings. The fourth-order valence-corrected chi connectivity index (χ4v) is 2.88. The van der Waals surface area contributed by atoms with Gasteiger partial charge in [-0.3, -0.25) is 0 Å². The summed E-state index contributed by atoms with van der Waals surface area (Å²) in [5.41, 5.74) is 1.13. The lowest BCUT2D eigenvalue weighted by Gasteiger charge is -2.03. The molecule has 0 aliphatic rings. The standard InChI is InChI=1S/C9H11BrN4OS/c1-5-3-7(16-9(5)10)6(15)4-8-11-13-14(2)12-8/h3,6,15H,4H2,1-2H3. The third kappa shape index (κ3) is 2.47. The predicted octanol–water partition coefficient (Wildman–Crippen LogP) is 1.62. The lowest BCUT2D eigenvalue weighted by atomic mass is 10.2. The highest BCUT2D eigenvalue weighted by molar-refractivity contribution is 9.11. The van der Waals surface area contributed by atoms with Gasteiger partial charge in [-0.15, -0.1) is 21.5 Å². The van der Waals surface area contributed by atoms with Crippen molar-refractivity contribution < 1.29 is 5.11 Å². The molecule has 1 N–H and O–H groups in total. The maximum Gasteiger partial charge on any atom is 0.177 e. The van der Waals surface area contributed by atoms with E-state index in [2.05, 4.69) is 31.3 Å². The van der Waals surface area contributed by atoms with E-state index in [1.807, 2.05) is 13.0 Å². The number of aromatic nitrogens is 4. The minimum atomic E-state index is -0.570. The molecule has 0 aliphatic heterocycles. The second-order valence-electron chi connectivity index (χ2n) is 3.52. The van der Waals surface area contributed by atoms with Gasteiger partial charge in [-0.2, -0.15) is 4.80 Å². The van der Waals surface area contributed by atoms with Gasteiger partial charge in [0.1, 0.15) is 0 Å². The molecular weight excluding hydrogens is 292 g/mol. The molecular formula is C9H11BrN4OS. The maximum atomic E-state index is 9.99. The van der Waals surface area contributed by atoms with Gasteiger partial charge in [0.2, 0.25) is 0 Å². The Labute approximate surface area is 105 Å². The molecule has 1 atom stereocenters. The van der Waals surface area contributed by atoms with Crippen molar-refractivity contribution in [1.82, 2.24) is 20.2 Å². The Morgan fingerprint density at radius 1 is 1.62 bits per heavy atom. The van der Waals surface area contributed by atoms with Gasteiger partial charge >= 0.3 is 0 Å². The van der Waals surface area contributed by atoms with Gasteiger partial charge in [0.25, 0.3) is 0 Å². The fraction of sp³-hybridized carbons (Fsp3) is 0.444. The van der Waals surface area contributed by atoms with Crippen molar-refractivity contribution in [3.63, 3.8) is 0 Å². The molecule has 1 unspecified atom stereocenters. The van der Waals surface area contributed by atoms with Crippen molar-refractivity contribution in [2.75, 3.05) is 0 Å². The predicted molar refractivity (Wildman–Crippen MR) is 64.2 cm³/mol. The van der Waals surface area contributed by atoms with E-state index in [-0.39, 0.29) is 0 Å². The van der Waals surface area contributed by atoms with E-state index in [9.17, 15) is 5.11 Å². The molecule has 2 rings (SSSR count). The average molecular weight is 303 g/mol. The van der Waals surface area contributed by atoms with Crippen LogP contribution in [0.3, 0.4) is 0 Å². The molecule has 0 saturated carbocycles. The summed E-state index contributed by atoms with van der Waals surface area (Å²) in [6, 6.07) is 1.97. The molecule has 0 radical (unpaired) electrons. The maximum absolute atomic E-state index is 9.99. The number of aliphatic hydroxyl groups excluding tert-OH is 1. The summed E-state index contributed by atoms with van der Waals surface area (Å²) < 4.78 is 1.05. The van der Waals surface area contributed by atoms with Crippen LogP contribution in [0.4, 0.5) is 0 Å². The Hall–Kier alpha value is -0.790. The van der Waals surface area contributed by atoms with Crippen LogP contribution in [0.2, 0.25) is 0 Å². The summed E-state index contributed by atoms with van der Waals surface area (Å²) in [5.74, 6) is 0.553. The number of tetrazole rings is 1. The van der Waals surface area contributed by atoms with Crippen molar-refractivity contribution in [2.45, 2.75) is 19.4 Å². The number of hydrogen-bond acceptors (Lipinski definition) is 5. The molecule has 86 valence electrons. The Morgan fingerprint density at radius 2 is 2.38 bits per heavy atom. The highest BCUT2D eigenvalue weighted by Crippen LogP contribution is 2.32. The van der Waals surface area contributed by atoms with Crippen molar-refractivity contribution >= 4 is 27.3 Å². The van der Waals surface area contributed by atoms with E-state index >= 15 is 0 Å². The van der Waals surface area contributed by atoms with Gasteiger partial charge in [0, 0.05) is 11.3 Å². The zero-order chi connectivity index (χ0) is 11.7. The monoisotopic (exact) mass is 302 g/mol. The number of halogens is 1. The Morgan fingerprint density at radius 3 is 2.88 bits per heavy atom. The van der Waals surface area contributed by atoms with Crippen molar-refractivity contribution in [3.05, 3.63) is 26.1 Å². The number of rotatable bonds is 3. The van der Waals surface area contributed by atoms with E-state index < -0.39 is 6.10 Å². The molecule has 5 nitrogen and oxygen atoms in total. The van der Waals surface area contributed by atoms with Gasteiger partial charge < -0.3 is 5.11 Å². The molecule has 0 saturated heterocycles. The SMILES string of the molecule is Cc1cc(C(O)Cc2nnn(C)n2)sc1Br. The zero-order valence-corrected chi connectivity index (χ0v) is 11.3. The minimum absolute atomic E-state index is 0.389. The first-order valence-corrected chi connectivity index (χ1v) is 6.34. The van der Waals surface area contributed by atoms with Crippen LogP contribution in [0.25, 0.3) is 0 Å². The topological polar surface area (TPSA) is 63.8 Å². The molecule has 0 bridgehead atoms. The van der Waals surface area contributed by atoms with Crippen LogP contribution in [0, 0.1) is 6.92 Å². The molecule has 7 heteroatoms. The first kappa shape index (κ1) is 11.7. The first-order valence-electron chi connectivity index (χ1n) is 4.73. The lowest BCUT2D eigenvalue weighted by Crippen LogP contribution is -2.02. The molecule has 0 amide bonds. The van der Waals surface area contributed by atoms with E-state index in [4.69, 9.17) is 0 Å². The molecule has 2 heterocycles. The fourth-order valence-electron chi connectivity index (χ4n) is 1.33. The van der Waals surface area contributed by atoms with Crippen molar-refractivity contribution in [2.24, 2.45) is 7.05 Å². The van der Waals surface area contributed by atoms with Gasteiger partial charge in [0.15, 0.2) is 5.82 Å². The van der Waals surface area contributed by atoms with Crippen LogP contribution in [0.5, 0.6) is 0 Å². The van der Waals surface area contributed by atoms with Gasteiger partial charge in [0.05, 0.1) is 16.9 Å². The summed E-state index contributed by atoms with van der Waals surface area (Å²) in [6.07, 6.45) is -0.181. The Balaban J connectivity index is 2.11. The largest absolute Gasteiger partial charge is 0.387 e. The summed E-state index contributed by atoms with van der Waals surface area (Å²) in [6.45, 7) is 2.00. The highest BCUT2D eigenvalue weighted by atomic mass is 79.9. The summed E-state index contributed by atoms with van der Waals surface area (Å²) >= 11 is 4.97. The number of nitrogens with zero attached hydrogens (tertiary/aromatic N) is 4. The van der Waals surface area contributed by atoms with Crippen LogP contribution >= 0.6 is 27.3 Å². The van der Waals surface area contributed by atoms with Crippen LogP contribution in [0.1, 0.15) is 22.4 Å². The van der Waals surface area contributed by atoms with Crippen molar-refractivity contribution in [3.8, 4) is 0 Å². The molecule has 0 aromatic carbocycles. The Kier molecular flexibility index (Phi) is 3.36. The molecule has 16 heavy (non-hydrogen) atoms. The first-order chi connectivity index (χ1) is 7.56. The van der Waals surface area contributed by atoms with E-state index in [0.29, 0.717) is 12.2 Å². The van der Waals surface area contributed by atoms with E-state index in [1.165, 1.54) is 16.1 Å². The van der Waals surface area contributed by atoms with E-state index in [0.717, 1.165) is 14.2 Å². The third-order valence-corrected chi connectivity index (χ3v) is 4.37. The second-order valence-corrected chi connectivity index (χ2v) is 5.92. The van der Waals surface area contributed by atoms with Crippen LogP contribution in [-0.2, 0) is 13.5 Å². The molecule has 2 aromatic heterocycles. The Bertz CT molecular complexity index is 476. The number of hydrogen-bond donors (Lipinski definition) is 1. The van der Waals surface area contributed by atoms with Gasteiger partial charge in [-0.25, -0.2) is 0 Å².